The molecule has 0 bridgehead atoms. The standard InChI is InChI=1S/C30H36F3NO4S/c1-17-4-6-18(7-5-17)14-34(38)15-19-10-21-22-12-24(32)23-11-20(35)8-9-29(23,3)30(22,33)25(36)13-28(21,2)26(19)27(37)39-16-31/h4-9,11,19,21-22,24-26,36,38H,10,12-16H2,1-3H3/t19-,21?,22-,24-,25-,26+,28-,29-,30-/m0/s1. The molecule has 2 N–H and O–H groups in total. The van der Waals surface area contributed by atoms with Gasteiger partial charge in [0.05, 0.1) is 6.10 Å². The van der Waals surface area contributed by atoms with E-state index in [2.05, 4.69) is 0 Å². The van der Waals surface area contributed by atoms with Crippen LogP contribution in [0.2, 0.25) is 0 Å². The lowest BCUT2D eigenvalue weighted by Crippen LogP contribution is -2.68. The normalized spacial score (nSPS) is 41.2. The van der Waals surface area contributed by atoms with Crippen molar-refractivity contribution in [3.05, 3.63) is 59.2 Å². The number of aliphatic hydroxyl groups is 1. The van der Waals surface area contributed by atoms with Crippen LogP contribution in [-0.2, 0) is 16.1 Å². The van der Waals surface area contributed by atoms with Gasteiger partial charge in [-0.15, -0.1) is 0 Å². The molecular weight excluding hydrogens is 527 g/mol. The highest BCUT2D eigenvalue weighted by Crippen LogP contribution is 2.70. The minimum Gasteiger partial charge on any atom is -0.390 e. The van der Waals surface area contributed by atoms with Crippen molar-refractivity contribution in [3.8, 4) is 0 Å². The number of allylic oxidation sites excluding steroid dienone is 4. The van der Waals surface area contributed by atoms with Crippen molar-refractivity contribution in [2.75, 3.05) is 12.6 Å². The highest BCUT2D eigenvalue weighted by Gasteiger charge is 2.73. The van der Waals surface area contributed by atoms with E-state index in [4.69, 9.17) is 0 Å². The number of aliphatic hydroxyl groups excluding tert-OH is 1. The molecule has 5 nitrogen and oxygen atoms in total. The van der Waals surface area contributed by atoms with E-state index in [0.717, 1.165) is 22.3 Å². The summed E-state index contributed by atoms with van der Waals surface area (Å²) in [6.45, 7) is 5.64. The largest absolute Gasteiger partial charge is 0.390 e. The average Bonchev–Trinajstić information content (AvgIpc) is 3.15. The number of alkyl halides is 3. The van der Waals surface area contributed by atoms with E-state index in [0.29, 0.717) is 18.2 Å². The molecule has 5 rings (SSSR count). The van der Waals surface area contributed by atoms with Crippen molar-refractivity contribution >= 4 is 22.7 Å². The Balaban J connectivity index is 1.49. The van der Waals surface area contributed by atoms with E-state index in [-0.39, 0.29) is 31.5 Å². The number of hydrogen-bond acceptors (Lipinski definition) is 6. The number of hydrogen-bond donors (Lipinski definition) is 2. The number of carbonyl (C=O) groups excluding carboxylic acids is 2. The van der Waals surface area contributed by atoms with Crippen molar-refractivity contribution in [1.82, 2.24) is 5.06 Å². The summed E-state index contributed by atoms with van der Waals surface area (Å²) in [7, 11) is 0. The number of aryl methyl sites for hydroxylation is 1. The smallest absolute Gasteiger partial charge is 0.195 e. The first kappa shape index (κ1) is 28.6. The molecule has 0 saturated heterocycles. The third-order valence-electron chi connectivity index (χ3n) is 10.2. The van der Waals surface area contributed by atoms with E-state index in [1.165, 1.54) is 19.1 Å². The Bertz CT molecular complexity index is 1210. The molecule has 4 aliphatic rings. The Kier molecular flexibility index (Phi) is 7.44. The van der Waals surface area contributed by atoms with Gasteiger partial charge in [0, 0.05) is 30.3 Å². The maximum Gasteiger partial charge on any atom is 0.195 e. The fourth-order valence-electron chi connectivity index (χ4n) is 8.41. The van der Waals surface area contributed by atoms with Crippen molar-refractivity contribution in [1.29, 1.82) is 0 Å². The summed E-state index contributed by atoms with van der Waals surface area (Å²) in [6, 6.07) is 6.77. The predicted molar refractivity (Wildman–Crippen MR) is 143 cm³/mol. The Labute approximate surface area is 231 Å². The van der Waals surface area contributed by atoms with E-state index in [9.17, 15) is 24.3 Å². The number of halogens is 3. The van der Waals surface area contributed by atoms with Crippen molar-refractivity contribution in [3.63, 3.8) is 0 Å². The first-order valence-corrected chi connectivity index (χ1v) is 14.5. The van der Waals surface area contributed by atoms with Gasteiger partial charge >= 0.3 is 0 Å². The maximum atomic E-state index is 17.4. The second-order valence-corrected chi connectivity index (χ2v) is 13.2. The summed E-state index contributed by atoms with van der Waals surface area (Å²) in [5, 5.41) is 23.1. The summed E-state index contributed by atoms with van der Waals surface area (Å²) in [6.07, 6.45) is 0.734. The first-order valence-electron chi connectivity index (χ1n) is 13.5. The van der Waals surface area contributed by atoms with Crippen LogP contribution < -0.4 is 0 Å². The molecule has 3 saturated carbocycles. The summed E-state index contributed by atoms with van der Waals surface area (Å²) >= 11 is 0.554. The fraction of sp³-hybridized carbons (Fsp3) is 0.600. The van der Waals surface area contributed by atoms with Crippen LogP contribution in [0.15, 0.2) is 48.1 Å². The lowest BCUT2D eigenvalue weighted by molar-refractivity contribution is -0.201. The zero-order chi connectivity index (χ0) is 28.3. The van der Waals surface area contributed by atoms with Crippen LogP contribution in [0.5, 0.6) is 0 Å². The lowest BCUT2D eigenvalue weighted by atomic mass is 9.45. The van der Waals surface area contributed by atoms with E-state index in [1.807, 2.05) is 38.1 Å². The summed E-state index contributed by atoms with van der Waals surface area (Å²) in [4.78, 5) is 25.4. The third-order valence-corrected chi connectivity index (χ3v) is 10.8. The van der Waals surface area contributed by atoms with Crippen molar-refractivity contribution in [2.24, 2.45) is 34.5 Å². The molecule has 0 heterocycles. The number of thioether (sulfide) groups is 1. The number of fused-ring (bicyclic) bond motifs is 5. The van der Waals surface area contributed by atoms with E-state index < -0.39 is 69.4 Å². The van der Waals surface area contributed by atoms with Gasteiger partial charge < -0.3 is 10.3 Å². The molecule has 1 aromatic carbocycles. The highest BCUT2D eigenvalue weighted by atomic mass is 32.2. The zero-order valence-electron chi connectivity index (χ0n) is 22.4. The van der Waals surface area contributed by atoms with Gasteiger partial charge in [0.25, 0.3) is 0 Å². The Morgan fingerprint density at radius 2 is 1.87 bits per heavy atom. The Hall–Kier alpha value is -1.94. The molecule has 212 valence electrons. The van der Waals surface area contributed by atoms with Gasteiger partial charge in [-0.25, -0.2) is 13.2 Å². The van der Waals surface area contributed by atoms with Gasteiger partial charge in [0.15, 0.2) is 16.6 Å². The second-order valence-electron chi connectivity index (χ2n) is 12.3. The fourth-order valence-corrected chi connectivity index (χ4v) is 9.16. The molecule has 0 aliphatic heterocycles. The van der Waals surface area contributed by atoms with Crippen LogP contribution in [0.1, 0.15) is 44.2 Å². The van der Waals surface area contributed by atoms with Gasteiger partial charge in [-0.2, -0.15) is 5.06 Å². The van der Waals surface area contributed by atoms with Gasteiger partial charge in [-0.3, -0.25) is 9.59 Å². The zero-order valence-corrected chi connectivity index (χ0v) is 23.3. The molecule has 1 unspecified atom stereocenters. The van der Waals surface area contributed by atoms with Gasteiger partial charge in [0.1, 0.15) is 12.2 Å². The van der Waals surface area contributed by atoms with Crippen LogP contribution in [0, 0.1) is 41.4 Å². The third kappa shape index (κ3) is 4.44. The second kappa shape index (κ2) is 10.2. The van der Waals surface area contributed by atoms with Gasteiger partial charge in [-0.1, -0.05) is 54.6 Å². The quantitative estimate of drug-likeness (QED) is 0.443. The van der Waals surface area contributed by atoms with Crippen molar-refractivity contribution in [2.45, 2.75) is 64.5 Å². The number of rotatable bonds is 6. The number of ketones is 1. The summed E-state index contributed by atoms with van der Waals surface area (Å²) < 4.78 is 46.4. The minimum atomic E-state index is -2.25. The number of benzene rings is 1. The number of carbonyl (C=O) groups is 2. The molecule has 0 spiro atoms. The molecule has 4 aliphatic carbocycles. The minimum absolute atomic E-state index is 0.0474. The Morgan fingerprint density at radius 3 is 2.54 bits per heavy atom. The van der Waals surface area contributed by atoms with Crippen LogP contribution in [-0.4, -0.2) is 56.8 Å². The van der Waals surface area contributed by atoms with Crippen LogP contribution >= 0.6 is 11.8 Å². The molecule has 1 aromatic rings. The SMILES string of the molecule is Cc1ccc(CN(O)C[C@@H]2CC3[C@@H]4C[C@H](F)C5=CC(=O)C=C[C@]5(C)[C@@]4(F)[C@@H](O)C[C@]3(C)[C@H]2C(=O)SCF)cc1. The first-order chi connectivity index (χ1) is 18.3. The van der Waals surface area contributed by atoms with E-state index >= 15 is 8.78 Å². The molecule has 9 heteroatoms. The summed E-state index contributed by atoms with van der Waals surface area (Å²) in [5.41, 5.74) is -2.67. The average molecular weight is 564 g/mol. The molecule has 39 heavy (non-hydrogen) atoms. The molecule has 9 atom stereocenters. The number of nitrogens with zero attached hydrogens (tertiary/aromatic N) is 1. The van der Waals surface area contributed by atoms with Crippen LogP contribution in [0.3, 0.4) is 0 Å². The maximum absolute atomic E-state index is 17.4. The van der Waals surface area contributed by atoms with Crippen LogP contribution in [0.4, 0.5) is 13.2 Å². The van der Waals surface area contributed by atoms with Gasteiger partial charge in [-0.05, 0) is 73.6 Å². The molecule has 0 aromatic heterocycles. The summed E-state index contributed by atoms with van der Waals surface area (Å²) in [5.74, 6) is -3.01. The van der Waals surface area contributed by atoms with E-state index in [1.54, 1.807) is 0 Å². The molecule has 0 radical (unpaired) electrons. The topological polar surface area (TPSA) is 77.8 Å². The molecular formula is C30H36F3NO4S. The number of hydroxylamine groups is 2. The van der Waals surface area contributed by atoms with Gasteiger partial charge in [0.2, 0.25) is 0 Å². The predicted octanol–water partition coefficient (Wildman–Crippen LogP) is 5.53. The monoisotopic (exact) mass is 563 g/mol. The Morgan fingerprint density at radius 1 is 1.18 bits per heavy atom. The van der Waals surface area contributed by atoms with Crippen LogP contribution in [0.25, 0.3) is 0 Å². The highest BCUT2D eigenvalue weighted by molar-refractivity contribution is 8.13. The van der Waals surface area contributed by atoms with Crippen molar-refractivity contribution < 1.29 is 33.1 Å². The lowest BCUT2D eigenvalue weighted by Gasteiger charge is -2.62. The molecule has 0 amide bonds. The molecule has 3 fully saturated rings.